The number of non-ortho nitro benzene ring substituents is 1. The zero-order valence-electron chi connectivity index (χ0n) is 12.4. The first-order valence-corrected chi connectivity index (χ1v) is 7.66. The number of nitro benzene ring substituents is 1. The van der Waals surface area contributed by atoms with Crippen molar-refractivity contribution in [2.45, 2.75) is 0 Å². The van der Waals surface area contributed by atoms with Gasteiger partial charge in [-0.3, -0.25) is 10.1 Å². The zero-order valence-corrected chi connectivity index (χ0v) is 14.0. The van der Waals surface area contributed by atoms with E-state index in [1.807, 2.05) is 0 Å². The Hall–Kier alpha value is -2.91. The third kappa shape index (κ3) is 3.62. The first-order chi connectivity index (χ1) is 12.0. The van der Waals surface area contributed by atoms with E-state index in [9.17, 15) is 14.5 Å². The van der Waals surface area contributed by atoms with Gasteiger partial charge in [-0.15, -0.1) is 0 Å². The Morgan fingerprint density at radius 3 is 2.72 bits per heavy atom. The molecule has 0 aliphatic carbocycles. The van der Waals surface area contributed by atoms with Gasteiger partial charge in [-0.05, 0) is 42.5 Å². The summed E-state index contributed by atoms with van der Waals surface area (Å²) in [6, 6.07) is 9.66. The van der Waals surface area contributed by atoms with E-state index in [1.54, 1.807) is 0 Å². The van der Waals surface area contributed by atoms with E-state index in [0.29, 0.717) is 22.0 Å². The number of halogens is 2. The Balaban J connectivity index is 2.02. The molecule has 1 aromatic heterocycles. The number of nitrogens with one attached hydrogen (secondary N) is 1. The van der Waals surface area contributed by atoms with Crippen LogP contribution in [0.25, 0.3) is 11.4 Å². The van der Waals surface area contributed by atoms with Crippen LogP contribution in [0.4, 0.5) is 10.1 Å². The standard InChI is InChI=1S/C15H9ClFN5O2S/c16-13-6-5-12(22(23)24)7-10(13)8-18-21-14(19-20-15(21)25)9-1-3-11(17)4-2-9/h1-8H,(H,20,25)/b18-8-. The molecule has 0 fully saturated rings. The highest BCUT2D eigenvalue weighted by Gasteiger charge is 2.10. The van der Waals surface area contributed by atoms with E-state index >= 15 is 0 Å². The number of H-pyrrole nitrogens is 1. The van der Waals surface area contributed by atoms with Crippen molar-refractivity contribution < 1.29 is 9.31 Å². The number of hydrogen-bond donors (Lipinski definition) is 1. The number of hydrogen-bond acceptors (Lipinski definition) is 5. The fourth-order valence-corrected chi connectivity index (χ4v) is 2.39. The molecule has 1 N–H and O–H groups in total. The topological polar surface area (TPSA) is 89.1 Å². The lowest BCUT2D eigenvalue weighted by Crippen LogP contribution is -1.96. The van der Waals surface area contributed by atoms with Crippen molar-refractivity contribution in [1.82, 2.24) is 14.9 Å². The molecule has 1 heterocycles. The molecule has 0 saturated heterocycles. The Morgan fingerprint density at radius 1 is 1.32 bits per heavy atom. The molecule has 2 aromatic carbocycles. The molecule has 126 valence electrons. The maximum Gasteiger partial charge on any atom is 0.270 e. The van der Waals surface area contributed by atoms with Crippen LogP contribution >= 0.6 is 23.8 Å². The van der Waals surface area contributed by atoms with Crippen LogP contribution < -0.4 is 0 Å². The van der Waals surface area contributed by atoms with Crippen molar-refractivity contribution in [2.75, 3.05) is 0 Å². The Bertz CT molecular complexity index is 1030. The van der Waals surface area contributed by atoms with Gasteiger partial charge in [0.25, 0.3) is 5.69 Å². The smallest absolute Gasteiger partial charge is 0.258 e. The summed E-state index contributed by atoms with van der Waals surface area (Å²) >= 11 is 11.2. The minimum Gasteiger partial charge on any atom is -0.258 e. The molecule has 10 heteroatoms. The van der Waals surface area contributed by atoms with E-state index in [0.717, 1.165) is 0 Å². The second kappa shape index (κ2) is 6.91. The van der Waals surface area contributed by atoms with E-state index in [4.69, 9.17) is 23.8 Å². The molecule has 3 aromatic rings. The maximum absolute atomic E-state index is 13.1. The lowest BCUT2D eigenvalue weighted by molar-refractivity contribution is -0.384. The van der Waals surface area contributed by atoms with Crippen molar-refractivity contribution in [3.05, 3.63) is 73.8 Å². The van der Waals surface area contributed by atoms with Gasteiger partial charge in [0, 0.05) is 28.3 Å². The van der Waals surface area contributed by atoms with Crippen LogP contribution in [-0.4, -0.2) is 26.0 Å². The molecule has 0 aliphatic heterocycles. The molecule has 0 saturated carbocycles. The normalized spacial score (nSPS) is 11.1. The van der Waals surface area contributed by atoms with Crippen LogP contribution in [0.15, 0.2) is 47.6 Å². The van der Waals surface area contributed by atoms with Gasteiger partial charge in [0.2, 0.25) is 4.77 Å². The first kappa shape index (κ1) is 16.9. The molecule has 0 bridgehead atoms. The Labute approximate surface area is 150 Å². The summed E-state index contributed by atoms with van der Waals surface area (Å²) in [7, 11) is 0. The largest absolute Gasteiger partial charge is 0.270 e. The number of nitrogens with zero attached hydrogens (tertiary/aromatic N) is 4. The summed E-state index contributed by atoms with van der Waals surface area (Å²) in [5.41, 5.74) is 0.834. The lowest BCUT2D eigenvalue weighted by atomic mass is 10.2. The summed E-state index contributed by atoms with van der Waals surface area (Å²) < 4.78 is 14.6. The van der Waals surface area contributed by atoms with Gasteiger partial charge in [-0.1, -0.05) is 11.6 Å². The van der Waals surface area contributed by atoms with Crippen LogP contribution in [0.1, 0.15) is 5.56 Å². The number of nitro groups is 1. The summed E-state index contributed by atoms with van der Waals surface area (Å²) in [5, 5.41) is 22.0. The zero-order chi connectivity index (χ0) is 18.0. The van der Waals surface area contributed by atoms with Crippen molar-refractivity contribution in [3.8, 4) is 11.4 Å². The summed E-state index contributed by atoms with van der Waals surface area (Å²) in [6.07, 6.45) is 1.34. The van der Waals surface area contributed by atoms with Crippen LogP contribution in [0.2, 0.25) is 5.02 Å². The van der Waals surface area contributed by atoms with Gasteiger partial charge < -0.3 is 0 Å². The van der Waals surface area contributed by atoms with Gasteiger partial charge in [0.1, 0.15) is 5.82 Å². The van der Waals surface area contributed by atoms with Crippen molar-refractivity contribution in [3.63, 3.8) is 0 Å². The number of aromatic nitrogens is 3. The lowest BCUT2D eigenvalue weighted by Gasteiger charge is -2.02. The van der Waals surface area contributed by atoms with Crippen LogP contribution in [0.5, 0.6) is 0 Å². The van der Waals surface area contributed by atoms with Gasteiger partial charge in [-0.2, -0.15) is 14.9 Å². The fourth-order valence-electron chi connectivity index (χ4n) is 2.05. The highest BCUT2D eigenvalue weighted by molar-refractivity contribution is 7.71. The third-order valence-electron chi connectivity index (χ3n) is 3.26. The highest BCUT2D eigenvalue weighted by Crippen LogP contribution is 2.21. The second-order valence-electron chi connectivity index (χ2n) is 4.88. The third-order valence-corrected chi connectivity index (χ3v) is 3.86. The molecule has 0 atom stereocenters. The predicted octanol–water partition coefficient (Wildman–Crippen LogP) is 4.19. The summed E-state index contributed by atoms with van der Waals surface area (Å²) in [6.45, 7) is 0. The van der Waals surface area contributed by atoms with Gasteiger partial charge >= 0.3 is 0 Å². The average Bonchev–Trinajstić information content (AvgIpc) is 2.95. The molecular weight excluding hydrogens is 369 g/mol. The summed E-state index contributed by atoms with van der Waals surface area (Å²) in [4.78, 5) is 10.3. The summed E-state index contributed by atoms with van der Waals surface area (Å²) in [5.74, 6) is -0.0147. The maximum atomic E-state index is 13.1. The predicted molar refractivity (Wildman–Crippen MR) is 93.9 cm³/mol. The molecule has 0 radical (unpaired) electrons. The SMILES string of the molecule is O=[N+]([O-])c1ccc(Cl)c(/C=N\n2c(-c3ccc(F)cc3)n[nH]c2=S)c1. The van der Waals surface area contributed by atoms with Gasteiger partial charge in [0.05, 0.1) is 11.1 Å². The minimum atomic E-state index is -0.527. The Morgan fingerprint density at radius 2 is 2.04 bits per heavy atom. The number of aromatic amines is 1. The molecule has 7 nitrogen and oxygen atoms in total. The molecule has 0 aliphatic rings. The second-order valence-corrected chi connectivity index (χ2v) is 5.67. The van der Waals surface area contributed by atoms with Crippen LogP contribution in [0.3, 0.4) is 0 Å². The van der Waals surface area contributed by atoms with E-state index < -0.39 is 4.92 Å². The van der Waals surface area contributed by atoms with Crippen molar-refractivity contribution >= 4 is 35.7 Å². The van der Waals surface area contributed by atoms with Crippen molar-refractivity contribution in [2.24, 2.45) is 5.10 Å². The van der Waals surface area contributed by atoms with E-state index in [1.165, 1.54) is 53.4 Å². The Kier molecular flexibility index (Phi) is 4.68. The fraction of sp³-hybridized carbons (Fsp3) is 0. The average molecular weight is 378 g/mol. The van der Waals surface area contributed by atoms with Crippen LogP contribution in [-0.2, 0) is 0 Å². The number of rotatable bonds is 4. The van der Waals surface area contributed by atoms with Crippen LogP contribution in [0, 0.1) is 20.7 Å². The monoisotopic (exact) mass is 377 g/mol. The first-order valence-electron chi connectivity index (χ1n) is 6.87. The molecule has 25 heavy (non-hydrogen) atoms. The molecule has 3 rings (SSSR count). The van der Waals surface area contributed by atoms with Gasteiger partial charge in [0.15, 0.2) is 5.82 Å². The minimum absolute atomic E-state index is 0.111. The van der Waals surface area contributed by atoms with E-state index in [-0.39, 0.29) is 16.3 Å². The van der Waals surface area contributed by atoms with E-state index in [2.05, 4.69) is 15.3 Å². The number of benzene rings is 2. The quantitative estimate of drug-likeness (QED) is 0.319. The highest BCUT2D eigenvalue weighted by atomic mass is 35.5. The molecule has 0 unspecified atom stereocenters. The molecule has 0 amide bonds. The van der Waals surface area contributed by atoms with Crippen molar-refractivity contribution in [1.29, 1.82) is 0 Å². The molecule has 0 spiro atoms. The molecular formula is C15H9ClFN5O2S. The van der Waals surface area contributed by atoms with Gasteiger partial charge in [-0.25, -0.2) is 9.49 Å².